The molecule has 4 nitrogen and oxygen atoms in total. The lowest BCUT2D eigenvalue weighted by Crippen LogP contribution is -2.03. The van der Waals surface area contributed by atoms with Crippen molar-refractivity contribution in [3.05, 3.63) is 46.4 Å². The van der Waals surface area contributed by atoms with Gasteiger partial charge in [0.05, 0.1) is 11.6 Å². The van der Waals surface area contributed by atoms with E-state index in [1.54, 1.807) is 25.4 Å². The molecule has 0 bridgehead atoms. The predicted octanol–water partition coefficient (Wildman–Crippen LogP) is 3.00. The minimum atomic E-state index is -0.535. The van der Waals surface area contributed by atoms with E-state index >= 15 is 0 Å². The fraction of sp³-hybridized carbons (Fsp3) is 0.167. The Labute approximate surface area is 112 Å². The molecular formula is C12H11BrFN3O. The maximum atomic E-state index is 13.2. The molecule has 0 radical (unpaired) electrons. The smallest absolute Gasteiger partial charge is 0.229 e. The largest absolute Gasteiger partial charge is 0.481 e. The summed E-state index contributed by atoms with van der Waals surface area (Å²) in [6.45, 7) is 0.521. The summed E-state index contributed by atoms with van der Waals surface area (Å²) in [5.41, 5.74) is 0.979. The van der Waals surface area contributed by atoms with E-state index in [0.717, 1.165) is 5.56 Å². The number of nitrogens with one attached hydrogen (secondary N) is 1. The van der Waals surface area contributed by atoms with Crippen molar-refractivity contribution in [3.63, 3.8) is 0 Å². The van der Waals surface area contributed by atoms with E-state index < -0.39 is 5.95 Å². The van der Waals surface area contributed by atoms with Crippen molar-refractivity contribution in [2.75, 3.05) is 12.4 Å². The summed E-state index contributed by atoms with van der Waals surface area (Å²) in [6, 6.07) is 6.97. The number of pyridine rings is 2. The van der Waals surface area contributed by atoms with Gasteiger partial charge in [0, 0.05) is 18.8 Å². The van der Waals surface area contributed by atoms with Gasteiger partial charge >= 0.3 is 0 Å². The summed E-state index contributed by atoms with van der Waals surface area (Å²) in [5, 5.41) is 3.03. The molecule has 2 aromatic heterocycles. The van der Waals surface area contributed by atoms with Crippen LogP contribution in [0.3, 0.4) is 0 Å². The molecule has 0 amide bonds. The first-order valence-electron chi connectivity index (χ1n) is 5.24. The van der Waals surface area contributed by atoms with E-state index in [4.69, 9.17) is 4.74 Å². The predicted molar refractivity (Wildman–Crippen MR) is 70.0 cm³/mol. The Bertz CT molecular complexity index is 551. The van der Waals surface area contributed by atoms with Crippen molar-refractivity contribution >= 4 is 21.7 Å². The number of methoxy groups -OCH3 is 1. The first kappa shape index (κ1) is 12.8. The van der Waals surface area contributed by atoms with E-state index in [9.17, 15) is 4.39 Å². The number of nitrogens with zero attached hydrogens (tertiary/aromatic N) is 2. The van der Waals surface area contributed by atoms with Gasteiger partial charge in [-0.2, -0.15) is 4.39 Å². The van der Waals surface area contributed by atoms with Gasteiger partial charge in [0.15, 0.2) is 0 Å². The summed E-state index contributed by atoms with van der Waals surface area (Å²) in [6.07, 6.45) is 1.66. The number of hydrogen-bond acceptors (Lipinski definition) is 4. The molecule has 0 fully saturated rings. The van der Waals surface area contributed by atoms with Gasteiger partial charge in [0.25, 0.3) is 0 Å². The van der Waals surface area contributed by atoms with E-state index in [0.29, 0.717) is 22.7 Å². The van der Waals surface area contributed by atoms with E-state index in [1.807, 2.05) is 12.1 Å². The van der Waals surface area contributed by atoms with Crippen LogP contribution in [0, 0.1) is 5.95 Å². The van der Waals surface area contributed by atoms with Crippen LogP contribution < -0.4 is 10.1 Å². The first-order chi connectivity index (χ1) is 8.69. The molecule has 2 heterocycles. The van der Waals surface area contributed by atoms with Gasteiger partial charge in [0.2, 0.25) is 11.8 Å². The third-order valence-corrected chi connectivity index (χ3v) is 2.88. The normalized spacial score (nSPS) is 10.2. The van der Waals surface area contributed by atoms with E-state index in [1.165, 1.54) is 0 Å². The van der Waals surface area contributed by atoms with Gasteiger partial charge in [-0.1, -0.05) is 0 Å². The van der Waals surface area contributed by atoms with Crippen molar-refractivity contribution in [1.29, 1.82) is 0 Å². The van der Waals surface area contributed by atoms with Gasteiger partial charge in [-0.15, -0.1) is 0 Å². The number of rotatable bonds is 4. The fourth-order valence-electron chi connectivity index (χ4n) is 1.38. The van der Waals surface area contributed by atoms with Crippen LogP contribution in [0.1, 0.15) is 5.56 Å². The Morgan fingerprint density at radius 1 is 1.39 bits per heavy atom. The molecule has 0 spiro atoms. The number of aromatic nitrogens is 2. The number of hydrogen-bond donors (Lipinski definition) is 1. The third-order valence-electron chi connectivity index (χ3n) is 2.29. The van der Waals surface area contributed by atoms with Crippen LogP contribution in [-0.2, 0) is 6.54 Å². The Morgan fingerprint density at radius 3 is 2.94 bits per heavy atom. The molecule has 0 aromatic carbocycles. The molecule has 0 aliphatic heterocycles. The molecule has 0 atom stereocenters. The van der Waals surface area contributed by atoms with Crippen molar-refractivity contribution in [2.45, 2.75) is 6.54 Å². The molecule has 1 N–H and O–H groups in total. The van der Waals surface area contributed by atoms with Crippen molar-refractivity contribution in [1.82, 2.24) is 9.97 Å². The maximum absolute atomic E-state index is 13.2. The molecule has 0 saturated carbocycles. The lowest BCUT2D eigenvalue weighted by Gasteiger charge is -2.07. The van der Waals surface area contributed by atoms with Crippen LogP contribution in [0.25, 0.3) is 0 Å². The molecule has 2 aromatic rings. The second-order valence-electron chi connectivity index (χ2n) is 3.53. The van der Waals surface area contributed by atoms with Crippen LogP contribution in [0.15, 0.2) is 34.9 Å². The molecule has 94 valence electrons. The summed E-state index contributed by atoms with van der Waals surface area (Å²) in [7, 11) is 1.56. The van der Waals surface area contributed by atoms with E-state index in [2.05, 4.69) is 31.2 Å². The first-order valence-corrected chi connectivity index (χ1v) is 6.03. The zero-order valence-electron chi connectivity index (χ0n) is 9.65. The monoisotopic (exact) mass is 311 g/mol. The lowest BCUT2D eigenvalue weighted by molar-refractivity contribution is 0.397. The highest BCUT2D eigenvalue weighted by Crippen LogP contribution is 2.16. The molecule has 2 rings (SSSR count). The van der Waals surface area contributed by atoms with Crippen molar-refractivity contribution < 1.29 is 9.13 Å². The highest BCUT2D eigenvalue weighted by atomic mass is 79.9. The summed E-state index contributed by atoms with van der Waals surface area (Å²) >= 11 is 3.05. The SMILES string of the molecule is COc1cc(CNc2ccc(Br)c(F)n2)ccn1. The van der Waals surface area contributed by atoms with Crippen LogP contribution in [0.2, 0.25) is 0 Å². The second kappa shape index (κ2) is 5.77. The standard InChI is InChI=1S/C12H11BrFN3O/c1-18-11-6-8(4-5-15-11)7-16-10-3-2-9(13)12(14)17-10/h2-6H,7H2,1H3,(H,16,17). The quantitative estimate of drug-likeness (QED) is 0.882. The highest BCUT2D eigenvalue weighted by molar-refractivity contribution is 9.10. The van der Waals surface area contributed by atoms with Gasteiger partial charge in [-0.05, 0) is 39.7 Å². The molecule has 0 aliphatic carbocycles. The molecule has 0 saturated heterocycles. The average molecular weight is 312 g/mol. The average Bonchev–Trinajstić information content (AvgIpc) is 2.40. The van der Waals surface area contributed by atoms with Crippen LogP contribution in [0.5, 0.6) is 5.88 Å². The van der Waals surface area contributed by atoms with Gasteiger partial charge in [-0.3, -0.25) is 0 Å². The zero-order valence-corrected chi connectivity index (χ0v) is 11.2. The topological polar surface area (TPSA) is 47.0 Å². The molecular weight excluding hydrogens is 301 g/mol. The third kappa shape index (κ3) is 3.16. The fourth-order valence-corrected chi connectivity index (χ4v) is 1.60. The maximum Gasteiger partial charge on any atom is 0.229 e. The van der Waals surface area contributed by atoms with Crippen LogP contribution in [0.4, 0.5) is 10.2 Å². The van der Waals surface area contributed by atoms with Gasteiger partial charge < -0.3 is 10.1 Å². The number of anilines is 1. The Kier molecular flexibility index (Phi) is 4.09. The van der Waals surface area contributed by atoms with Crippen molar-refractivity contribution in [3.8, 4) is 5.88 Å². The molecule has 6 heteroatoms. The molecule has 18 heavy (non-hydrogen) atoms. The summed E-state index contributed by atoms with van der Waals surface area (Å²) in [4.78, 5) is 7.77. The number of halogens is 2. The minimum absolute atomic E-state index is 0.346. The van der Waals surface area contributed by atoms with Crippen LogP contribution in [-0.4, -0.2) is 17.1 Å². The highest BCUT2D eigenvalue weighted by Gasteiger charge is 2.02. The Morgan fingerprint density at radius 2 is 2.22 bits per heavy atom. The van der Waals surface area contributed by atoms with Crippen LogP contribution >= 0.6 is 15.9 Å². The Hall–Kier alpha value is -1.69. The van der Waals surface area contributed by atoms with Gasteiger partial charge in [0.1, 0.15) is 5.82 Å². The summed E-state index contributed by atoms with van der Waals surface area (Å²) in [5.74, 6) is 0.489. The zero-order chi connectivity index (χ0) is 13.0. The Balaban J connectivity index is 2.04. The van der Waals surface area contributed by atoms with Crippen molar-refractivity contribution in [2.24, 2.45) is 0 Å². The molecule has 0 unspecified atom stereocenters. The molecule has 0 aliphatic rings. The second-order valence-corrected chi connectivity index (χ2v) is 4.38. The summed E-state index contributed by atoms with van der Waals surface area (Å²) < 4.78 is 18.6. The minimum Gasteiger partial charge on any atom is -0.481 e. The van der Waals surface area contributed by atoms with E-state index in [-0.39, 0.29) is 0 Å². The van der Waals surface area contributed by atoms with Gasteiger partial charge in [-0.25, -0.2) is 9.97 Å². The lowest BCUT2D eigenvalue weighted by atomic mass is 10.2. The number of ether oxygens (including phenoxy) is 1.